The molecule has 0 radical (unpaired) electrons. The van der Waals surface area contributed by atoms with Crippen molar-refractivity contribution in [2.24, 2.45) is 16.8 Å². The van der Waals surface area contributed by atoms with Gasteiger partial charge in [-0.15, -0.1) is 0 Å². The molecular weight excluding hydrogens is 236 g/mol. The Morgan fingerprint density at radius 2 is 2.25 bits per heavy atom. The highest BCUT2D eigenvalue weighted by Crippen LogP contribution is 2.25. The third-order valence-electron chi connectivity index (χ3n) is 2.50. The van der Waals surface area contributed by atoms with Crippen LogP contribution < -0.4 is 5.32 Å². The monoisotopic (exact) mass is 260 g/mol. The van der Waals surface area contributed by atoms with Crippen LogP contribution >= 0.6 is 23.5 Å². The summed E-state index contributed by atoms with van der Waals surface area (Å²) in [5.74, 6) is 2.73. The zero-order valence-corrected chi connectivity index (χ0v) is 12.5. The van der Waals surface area contributed by atoms with E-state index in [1.54, 1.807) is 0 Å². The van der Waals surface area contributed by atoms with Crippen molar-refractivity contribution in [1.29, 1.82) is 0 Å². The summed E-state index contributed by atoms with van der Waals surface area (Å²) in [5.41, 5.74) is 0. The van der Waals surface area contributed by atoms with Crippen LogP contribution in [0.1, 0.15) is 27.2 Å². The van der Waals surface area contributed by atoms with Gasteiger partial charge in [-0.25, -0.2) is 0 Å². The van der Waals surface area contributed by atoms with Gasteiger partial charge in [-0.3, -0.25) is 4.99 Å². The maximum absolute atomic E-state index is 4.56. The number of rotatable bonds is 6. The Morgan fingerprint density at radius 3 is 2.88 bits per heavy atom. The molecule has 1 N–H and O–H groups in total. The van der Waals surface area contributed by atoms with E-state index in [9.17, 15) is 0 Å². The van der Waals surface area contributed by atoms with Gasteiger partial charge in [-0.2, -0.15) is 11.8 Å². The predicted molar refractivity (Wildman–Crippen MR) is 78.7 cm³/mol. The van der Waals surface area contributed by atoms with Crippen molar-refractivity contribution < 1.29 is 0 Å². The molecule has 4 heteroatoms. The van der Waals surface area contributed by atoms with E-state index in [1.165, 1.54) is 17.3 Å². The standard InChI is InChI=1S/C12H24N2S2/c1-9(2)5-11-7-14-12(16-11)13-6-10(3)8-15-4/h9-11H,5-8H2,1-4H3,(H,13,14). The smallest absolute Gasteiger partial charge is 0.156 e. The lowest BCUT2D eigenvalue weighted by molar-refractivity contribution is 0.575. The number of nitrogens with zero attached hydrogens (tertiary/aromatic N) is 1. The van der Waals surface area contributed by atoms with Crippen LogP contribution in [-0.4, -0.2) is 35.5 Å². The van der Waals surface area contributed by atoms with Crippen molar-refractivity contribution in [2.45, 2.75) is 32.4 Å². The van der Waals surface area contributed by atoms with E-state index in [0.29, 0.717) is 5.25 Å². The van der Waals surface area contributed by atoms with E-state index in [2.05, 4.69) is 37.3 Å². The van der Waals surface area contributed by atoms with Gasteiger partial charge in [0.2, 0.25) is 0 Å². The normalized spacial score (nSPS) is 22.3. The lowest BCUT2D eigenvalue weighted by Gasteiger charge is -2.13. The minimum absolute atomic E-state index is 0.707. The summed E-state index contributed by atoms with van der Waals surface area (Å²) in [7, 11) is 0. The molecule has 0 aromatic heterocycles. The molecule has 0 saturated heterocycles. The van der Waals surface area contributed by atoms with Crippen molar-refractivity contribution in [3.05, 3.63) is 0 Å². The average molecular weight is 260 g/mol. The van der Waals surface area contributed by atoms with Gasteiger partial charge in [0.05, 0.1) is 6.54 Å². The summed E-state index contributed by atoms with van der Waals surface area (Å²) in [6, 6.07) is 0. The van der Waals surface area contributed by atoms with Gasteiger partial charge in [0.1, 0.15) is 0 Å². The second-order valence-corrected chi connectivity index (χ2v) is 7.16. The molecule has 0 spiro atoms. The van der Waals surface area contributed by atoms with E-state index < -0.39 is 0 Å². The van der Waals surface area contributed by atoms with Crippen LogP contribution in [0.3, 0.4) is 0 Å². The maximum atomic E-state index is 4.56. The fraction of sp³-hybridized carbons (Fsp3) is 0.917. The first-order valence-electron chi connectivity index (χ1n) is 6.05. The summed E-state index contributed by atoms with van der Waals surface area (Å²) in [5, 5.41) is 5.34. The Morgan fingerprint density at radius 1 is 1.50 bits per heavy atom. The molecule has 16 heavy (non-hydrogen) atoms. The summed E-state index contributed by atoms with van der Waals surface area (Å²) in [6.45, 7) is 8.91. The van der Waals surface area contributed by atoms with Gasteiger partial charge in [0.15, 0.2) is 5.17 Å². The third kappa shape index (κ3) is 5.48. The lowest BCUT2D eigenvalue weighted by Crippen LogP contribution is -2.26. The highest BCUT2D eigenvalue weighted by Gasteiger charge is 2.20. The Hall–Kier alpha value is 0.170. The van der Waals surface area contributed by atoms with Crippen molar-refractivity contribution in [2.75, 3.05) is 25.1 Å². The van der Waals surface area contributed by atoms with Crippen LogP contribution in [0.25, 0.3) is 0 Å². The van der Waals surface area contributed by atoms with Crippen molar-refractivity contribution >= 4 is 28.7 Å². The van der Waals surface area contributed by atoms with Crippen LogP contribution in [0.5, 0.6) is 0 Å². The molecule has 1 aliphatic rings. The molecule has 2 nitrogen and oxygen atoms in total. The second-order valence-electron chi connectivity index (χ2n) is 4.96. The van der Waals surface area contributed by atoms with Crippen molar-refractivity contribution in [1.82, 2.24) is 5.32 Å². The highest BCUT2D eigenvalue weighted by molar-refractivity contribution is 8.14. The molecule has 0 fully saturated rings. The van der Waals surface area contributed by atoms with Gasteiger partial charge >= 0.3 is 0 Å². The third-order valence-corrected chi connectivity index (χ3v) is 4.58. The quantitative estimate of drug-likeness (QED) is 0.794. The molecule has 0 bridgehead atoms. The van der Waals surface area contributed by atoms with Crippen LogP contribution in [0.15, 0.2) is 4.99 Å². The van der Waals surface area contributed by atoms with Gasteiger partial charge in [-0.1, -0.05) is 32.5 Å². The van der Waals surface area contributed by atoms with Crippen LogP contribution in [0.4, 0.5) is 0 Å². The Balaban J connectivity index is 2.16. The van der Waals surface area contributed by atoms with Crippen LogP contribution in [0, 0.1) is 11.8 Å². The van der Waals surface area contributed by atoms with Crippen LogP contribution in [-0.2, 0) is 0 Å². The topological polar surface area (TPSA) is 24.4 Å². The van der Waals surface area contributed by atoms with Crippen LogP contribution in [0.2, 0.25) is 0 Å². The van der Waals surface area contributed by atoms with E-state index in [-0.39, 0.29) is 0 Å². The fourth-order valence-electron chi connectivity index (χ4n) is 1.77. The highest BCUT2D eigenvalue weighted by atomic mass is 32.2. The molecule has 0 saturated carbocycles. The second kappa shape index (κ2) is 7.49. The van der Waals surface area contributed by atoms with Crippen molar-refractivity contribution in [3.8, 4) is 0 Å². The summed E-state index contributed by atoms with van der Waals surface area (Å²) in [6.07, 6.45) is 3.44. The predicted octanol–water partition coefficient (Wildman–Crippen LogP) is 3.09. The Bertz CT molecular complexity index is 229. The molecule has 1 aliphatic heterocycles. The van der Waals surface area contributed by atoms with Gasteiger partial charge in [0.25, 0.3) is 0 Å². The van der Waals surface area contributed by atoms with Crippen molar-refractivity contribution in [3.63, 3.8) is 0 Å². The minimum atomic E-state index is 0.707. The number of hydrogen-bond acceptors (Lipinski definition) is 4. The zero-order chi connectivity index (χ0) is 12.0. The number of aliphatic imine (C=N–C) groups is 1. The molecule has 94 valence electrons. The summed E-state index contributed by atoms with van der Waals surface area (Å²) >= 11 is 3.85. The van der Waals surface area contributed by atoms with Gasteiger partial charge in [0, 0.05) is 11.8 Å². The molecule has 1 rings (SSSR count). The fourth-order valence-corrected chi connectivity index (χ4v) is 3.72. The molecule has 2 unspecified atom stereocenters. The molecule has 0 amide bonds. The number of nitrogens with one attached hydrogen (secondary N) is 1. The molecular formula is C12H24N2S2. The summed E-state index contributed by atoms with van der Waals surface area (Å²) < 4.78 is 0. The largest absolute Gasteiger partial charge is 0.365 e. The van der Waals surface area contributed by atoms with E-state index in [4.69, 9.17) is 0 Å². The number of hydrogen-bond donors (Lipinski definition) is 1. The molecule has 0 aromatic rings. The van der Waals surface area contributed by atoms with E-state index in [1.807, 2.05) is 23.5 Å². The molecule has 0 aromatic carbocycles. The first-order chi connectivity index (χ1) is 7.61. The van der Waals surface area contributed by atoms with E-state index in [0.717, 1.165) is 24.9 Å². The SMILES string of the molecule is CSCC(C)CNC1=NCC(CC(C)C)S1. The number of amidine groups is 1. The molecule has 0 aliphatic carbocycles. The average Bonchev–Trinajstić information content (AvgIpc) is 2.62. The number of thioether (sulfide) groups is 2. The Labute approximate surface area is 108 Å². The lowest BCUT2D eigenvalue weighted by atomic mass is 10.1. The maximum Gasteiger partial charge on any atom is 0.156 e. The first kappa shape index (κ1) is 14.2. The Kier molecular flexibility index (Phi) is 6.66. The first-order valence-corrected chi connectivity index (χ1v) is 8.33. The zero-order valence-electron chi connectivity index (χ0n) is 10.8. The summed E-state index contributed by atoms with van der Waals surface area (Å²) in [4.78, 5) is 4.56. The molecule has 1 heterocycles. The van der Waals surface area contributed by atoms with E-state index >= 15 is 0 Å². The minimum Gasteiger partial charge on any atom is -0.365 e. The molecule has 2 atom stereocenters. The van der Waals surface area contributed by atoms with Gasteiger partial charge < -0.3 is 5.32 Å². The van der Waals surface area contributed by atoms with Gasteiger partial charge in [-0.05, 0) is 30.3 Å².